The molecule has 0 aromatic heterocycles. The van der Waals surface area contributed by atoms with Gasteiger partial charge < -0.3 is 14.8 Å². The van der Waals surface area contributed by atoms with Gasteiger partial charge in [-0.2, -0.15) is 0 Å². The van der Waals surface area contributed by atoms with Crippen LogP contribution in [0.25, 0.3) is 0 Å². The number of halogens is 1. The van der Waals surface area contributed by atoms with E-state index >= 15 is 0 Å². The molecule has 1 amide bonds. The van der Waals surface area contributed by atoms with E-state index < -0.39 is 18.1 Å². The van der Waals surface area contributed by atoms with Crippen LogP contribution in [-0.2, 0) is 20.9 Å². The Labute approximate surface area is 145 Å². The molecule has 0 spiro atoms. The number of benzene rings is 2. The highest BCUT2D eigenvalue weighted by Crippen LogP contribution is 2.25. The Hall–Kier alpha value is -2.53. The number of esters is 1. The molecule has 0 aliphatic rings. The van der Waals surface area contributed by atoms with Gasteiger partial charge in [-0.05, 0) is 17.2 Å². The van der Waals surface area contributed by atoms with Crippen LogP contribution in [0.1, 0.15) is 23.6 Å². The Bertz CT molecular complexity index is 690. The van der Waals surface area contributed by atoms with E-state index in [9.17, 15) is 9.59 Å². The van der Waals surface area contributed by atoms with Gasteiger partial charge in [0, 0.05) is 5.02 Å². The van der Waals surface area contributed by atoms with Gasteiger partial charge in [-0.3, -0.25) is 4.79 Å². The summed E-state index contributed by atoms with van der Waals surface area (Å²) in [5, 5.41) is 3.12. The van der Waals surface area contributed by atoms with Crippen LogP contribution in [0, 0.1) is 0 Å². The molecular formula is C18H18ClNO4. The summed E-state index contributed by atoms with van der Waals surface area (Å²) in [5.74, 6) is -0.455. The zero-order valence-corrected chi connectivity index (χ0v) is 14.0. The number of rotatable bonds is 6. The number of carbonyl (C=O) groups excluding carboxylic acids is 2. The molecule has 6 heteroatoms. The summed E-state index contributed by atoms with van der Waals surface area (Å²) in [7, 11) is 1.29. The maximum Gasteiger partial charge on any atom is 0.407 e. The molecule has 0 saturated heterocycles. The lowest BCUT2D eigenvalue weighted by Crippen LogP contribution is -2.31. The van der Waals surface area contributed by atoms with Crippen LogP contribution in [0.2, 0.25) is 5.02 Å². The number of ether oxygens (including phenoxy) is 2. The molecule has 5 nitrogen and oxygen atoms in total. The van der Waals surface area contributed by atoms with Crippen LogP contribution in [0.5, 0.6) is 0 Å². The minimum absolute atomic E-state index is 0.0410. The first-order chi connectivity index (χ1) is 11.6. The molecule has 0 saturated carbocycles. The highest BCUT2D eigenvalue weighted by Gasteiger charge is 2.21. The minimum atomic E-state index is -0.632. The third-order valence-corrected chi connectivity index (χ3v) is 3.73. The number of hydrogen-bond donors (Lipinski definition) is 1. The Kier molecular flexibility index (Phi) is 6.63. The van der Waals surface area contributed by atoms with Gasteiger partial charge in [0.15, 0.2) is 0 Å². The SMILES string of the molecule is COC(=O)CC(NC(=O)OCc1ccccc1)c1ccccc1Cl. The maximum atomic E-state index is 12.1. The summed E-state index contributed by atoms with van der Waals surface area (Å²) in [4.78, 5) is 23.7. The highest BCUT2D eigenvalue weighted by atomic mass is 35.5. The predicted octanol–water partition coefficient (Wildman–Crippen LogP) is 3.87. The lowest BCUT2D eigenvalue weighted by Gasteiger charge is -2.19. The van der Waals surface area contributed by atoms with Crippen LogP contribution >= 0.6 is 11.6 Å². The molecule has 0 radical (unpaired) electrons. The first-order valence-corrected chi connectivity index (χ1v) is 7.76. The standard InChI is InChI=1S/C18H18ClNO4/c1-23-17(21)11-16(14-9-5-6-10-15(14)19)20-18(22)24-12-13-7-3-2-4-8-13/h2-10,16H,11-12H2,1H3,(H,20,22). The molecular weight excluding hydrogens is 330 g/mol. The van der Waals surface area contributed by atoms with E-state index in [0.717, 1.165) is 5.56 Å². The van der Waals surface area contributed by atoms with Crippen molar-refractivity contribution in [1.29, 1.82) is 0 Å². The van der Waals surface area contributed by atoms with Crippen molar-refractivity contribution in [2.24, 2.45) is 0 Å². The van der Waals surface area contributed by atoms with Crippen molar-refractivity contribution in [3.05, 3.63) is 70.7 Å². The Morgan fingerprint density at radius 1 is 1.08 bits per heavy atom. The molecule has 0 aliphatic heterocycles. The summed E-state index contributed by atoms with van der Waals surface area (Å²) in [5.41, 5.74) is 1.50. The number of alkyl carbamates (subject to hydrolysis) is 1. The van der Waals surface area contributed by atoms with Crippen LogP contribution in [-0.4, -0.2) is 19.2 Å². The lowest BCUT2D eigenvalue weighted by atomic mass is 10.0. The molecule has 126 valence electrons. The van der Waals surface area contributed by atoms with E-state index in [-0.39, 0.29) is 13.0 Å². The molecule has 0 heterocycles. The van der Waals surface area contributed by atoms with Crippen molar-refractivity contribution < 1.29 is 19.1 Å². The summed E-state index contributed by atoms with van der Waals surface area (Å²) < 4.78 is 9.87. The second-order valence-electron chi connectivity index (χ2n) is 5.06. The van der Waals surface area contributed by atoms with Gasteiger partial charge in [0.2, 0.25) is 0 Å². The van der Waals surface area contributed by atoms with E-state index in [0.29, 0.717) is 10.6 Å². The van der Waals surface area contributed by atoms with Crippen LogP contribution < -0.4 is 5.32 Å². The molecule has 2 aromatic rings. The van der Waals surface area contributed by atoms with Crippen molar-refractivity contribution in [2.75, 3.05) is 7.11 Å². The monoisotopic (exact) mass is 347 g/mol. The van der Waals surface area contributed by atoms with Crippen molar-refractivity contribution in [1.82, 2.24) is 5.32 Å². The van der Waals surface area contributed by atoms with Gasteiger partial charge in [-0.1, -0.05) is 60.1 Å². The average molecular weight is 348 g/mol. The van der Waals surface area contributed by atoms with Gasteiger partial charge in [0.25, 0.3) is 0 Å². The molecule has 0 aliphatic carbocycles. The van der Waals surface area contributed by atoms with Gasteiger partial charge in [-0.15, -0.1) is 0 Å². The van der Waals surface area contributed by atoms with E-state index in [2.05, 4.69) is 10.1 Å². The van der Waals surface area contributed by atoms with Gasteiger partial charge in [0.1, 0.15) is 6.61 Å². The first-order valence-electron chi connectivity index (χ1n) is 7.38. The molecule has 0 bridgehead atoms. The zero-order chi connectivity index (χ0) is 17.4. The van der Waals surface area contributed by atoms with Crippen molar-refractivity contribution in [2.45, 2.75) is 19.1 Å². The van der Waals surface area contributed by atoms with Gasteiger partial charge in [0.05, 0.1) is 19.6 Å². The smallest absolute Gasteiger partial charge is 0.407 e. The van der Waals surface area contributed by atoms with Gasteiger partial charge in [-0.25, -0.2) is 4.79 Å². The summed E-state index contributed by atoms with van der Waals surface area (Å²) in [6.07, 6.45) is -0.673. The van der Waals surface area contributed by atoms with Crippen LogP contribution in [0.3, 0.4) is 0 Å². The summed E-state index contributed by atoms with van der Waals surface area (Å²) in [6, 6.07) is 15.7. The molecule has 0 fully saturated rings. The normalized spacial score (nSPS) is 11.4. The number of methoxy groups -OCH3 is 1. The van der Waals surface area contributed by atoms with Crippen molar-refractivity contribution in [3.8, 4) is 0 Å². The number of hydrogen-bond acceptors (Lipinski definition) is 4. The summed E-state index contributed by atoms with van der Waals surface area (Å²) in [6.45, 7) is 0.139. The van der Waals surface area contributed by atoms with E-state index in [4.69, 9.17) is 16.3 Å². The molecule has 24 heavy (non-hydrogen) atoms. The van der Waals surface area contributed by atoms with Crippen LogP contribution in [0.4, 0.5) is 4.79 Å². The predicted molar refractivity (Wildman–Crippen MR) is 90.6 cm³/mol. The van der Waals surface area contributed by atoms with Crippen molar-refractivity contribution >= 4 is 23.7 Å². The van der Waals surface area contributed by atoms with Crippen molar-refractivity contribution in [3.63, 3.8) is 0 Å². The molecule has 1 N–H and O–H groups in total. The highest BCUT2D eigenvalue weighted by molar-refractivity contribution is 6.31. The second kappa shape index (κ2) is 8.93. The largest absolute Gasteiger partial charge is 0.469 e. The van der Waals surface area contributed by atoms with E-state index in [1.165, 1.54) is 7.11 Å². The second-order valence-corrected chi connectivity index (χ2v) is 5.47. The maximum absolute atomic E-state index is 12.1. The van der Waals surface area contributed by atoms with E-state index in [1.54, 1.807) is 24.3 Å². The quantitative estimate of drug-likeness (QED) is 0.805. The molecule has 1 atom stereocenters. The van der Waals surface area contributed by atoms with E-state index in [1.807, 2.05) is 30.3 Å². The fraction of sp³-hybridized carbons (Fsp3) is 0.222. The first kappa shape index (κ1) is 17.8. The number of nitrogens with one attached hydrogen (secondary N) is 1. The average Bonchev–Trinajstić information content (AvgIpc) is 2.60. The topological polar surface area (TPSA) is 64.6 Å². The Morgan fingerprint density at radius 3 is 2.42 bits per heavy atom. The van der Waals surface area contributed by atoms with Crippen LogP contribution in [0.15, 0.2) is 54.6 Å². The lowest BCUT2D eigenvalue weighted by molar-refractivity contribution is -0.141. The third-order valence-electron chi connectivity index (χ3n) is 3.38. The zero-order valence-electron chi connectivity index (χ0n) is 13.2. The fourth-order valence-corrected chi connectivity index (χ4v) is 2.42. The fourth-order valence-electron chi connectivity index (χ4n) is 2.15. The number of carbonyl (C=O) groups is 2. The Balaban J connectivity index is 2.03. The molecule has 2 aromatic carbocycles. The van der Waals surface area contributed by atoms with Gasteiger partial charge >= 0.3 is 12.1 Å². The summed E-state index contributed by atoms with van der Waals surface area (Å²) >= 11 is 6.16. The Morgan fingerprint density at radius 2 is 1.75 bits per heavy atom. The number of amides is 1. The molecule has 1 unspecified atom stereocenters. The minimum Gasteiger partial charge on any atom is -0.469 e. The third kappa shape index (κ3) is 5.28. The molecule has 2 rings (SSSR count).